The SMILES string of the molecule is CCOc1cc(C2c3sc(=O)n(CC(=O)Nc4cccc(C(F)(F)F)c4)c3SC3C(=O)N(c4ccc(Br)cc4)C(=O)C32)ccc1O. The van der Waals surface area contributed by atoms with Gasteiger partial charge in [-0.25, -0.2) is 4.90 Å². The Morgan fingerprint density at radius 2 is 1.78 bits per heavy atom. The Morgan fingerprint density at radius 3 is 2.48 bits per heavy atom. The number of rotatable bonds is 7. The zero-order chi connectivity index (χ0) is 32.9. The van der Waals surface area contributed by atoms with Crippen LogP contribution in [0.1, 0.15) is 28.8 Å². The van der Waals surface area contributed by atoms with Gasteiger partial charge in [-0.3, -0.25) is 23.7 Å². The molecule has 6 rings (SSSR count). The first-order chi connectivity index (χ1) is 21.9. The minimum Gasteiger partial charge on any atom is -0.504 e. The zero-order valence-electron chi connectivity index (χ0n) is 23.7. The number of amides is 3. The predicted octanol–water partition coefficient (Wildman–Crippen LogP) is 6.23. The number of imide groups is 1. The summed E-state index contributed by atoms with van der Waals surface area (Å²) in [5.41, 5.74) is -0.163. The molecule has 3 atom stereocenters. The molecule has 3 unspecified atom stereocenters. The van der Waals surface area contributed by atoms with Crippen LogP contribution >= 0.6 is 39.0 Å². The normalized spacial score (nSPS) is 19.2. The molecule has 238 valence electrons. The largest absolute Gasteiger partial charge is 0.504 e. The van der Waals surface area contributed by atoms with Crippen LogP contribution in [0.5, 0.6) is 11.5 Å². The maximum Gasteiger partial charge on any atom is 0.416 e. The van der Waals surface area contributed by atoms with Gasteiger partial charge in [0.25, 0.3) is 0 Å². The second-order valence-corrected chi connectivity index (χ2v) is 13.5. The molecule has 2 aliphatic heterocycles. The molecule has 0 saturated carbocycles. The van der Waals surface area contributed by atoms with Crippen molar-refractivity contribution >= 4 is 68.1 Å². The van der Waals surface area contributed by atoms with Crippen molar-refractivity contribution in [1.82, 2.24) is 4.57 Å². The number of anilines is 2. The van der Waals surface area contributed by atoms with Crippen molar-refractivity contribution in [2.45, 2.75) is 35.8 Å². The van der Waals surface area contributed by atoms with Crippen LogP contribution in [-0.2, 0) is 27.1 Å². The highest BCUT2D eigenvalue weighted by atomic mass is 79.9. The fraction of sp³-hybridized carbons (Fsp3) is 0.226. The minimum absolute atomic E-state index is 0.100. The van der Waals surface area contributed by atoms with Gasteiger partial charge in [0.15, 0.2) is 11.5 Å². The molecule has 1 fully saturated rings. The number of carbonyl (C=O) groups is 3. The number of hydrogen-bond acceptors (Lipinski definition) is 8. The Labute approximate surface area is 276 Å². The maximum atomic E-state index is 14.1. The van der Waals surface area contributed by atoms with Crippen molar-refractivity contribution in [2.24, 2.45) is 5.92 Å². The fourth-order valence-corrected chi connectivity index (χ4v) is 8.61. The maximum absolute atomic E-state index is 14.1. The monoisotopic (exact) mass is 733 g/mol. The Bertz CT molecular complexity index is 1930. The molecule has 0 spiro atoms. The number of aromatic nitrogens is 1. The molecule has 2 N–H and O–H groups in total. The van der Waals surface area contributed by atoms with Gasteiger partial charge in [-0.15, -0.1) is 0 Å². The molecule has 0 aliphatic carbocycles. The quantitative estimate of drug-likeness (QED) is 0.216. The van der Waals surface area contributed by atoms with E-state index in [9.17, 15) is 37.5 Å². The van der Waals surface area contributed by atoms with E-state index in [1.165, 1.54) is 16.7 Å². The number of nitrogens with zero attached hydrogens (tertiary/aromatic N) is 2. The third-order valence-electron chi connectivity index (χ3n) is 7.55. The van der Waals surface area contributed by atoms with Crippen LogP contribution in [0, 0.1) is 5.92 Å². The van der Waals surface area contributed by atoms with Crippen molar-refractivity contribution in [2.75, 3.05) is 16.8 Å². The van der Waals surface area contributed by atoms with E-state index in [4.69, 9.17) is 4.74 Å². The molecule has 1 aromatic heterocycles. The lowest BCUT2D eigenvalue weighted by molar-refractivity contribution is -0.137. The molecule has 4 aromatic rings. The van der Waals surface area contributed by atoms with Crippen LogP contribution in [0.3, 0.4) is 0 Å². The molecule has 9 nitrogen and oxygen atoms in total. The van der Waals surface area contributed by atoms with Crippen molar-refractivity contribution < 1.29 is 37.4 Å². The zero-order valence-corrected chi connectivity index (χ0v) is 26.9. The highest BCUT2D eigenvalue weighted by Gasteiger charge is 2.57. The molecule has 0 radical (unpaired) electrons. The van der Waals surface area contributed by atoms with Crippen LogP contribution in [0.2, 0.25) is 0 Å². The molecule has 46 heavy (non-hydrogen) atoms. The number of carbonyl (C=O) groups excluding carboxylic acids is 3. The number of thiazole rings is 1. The molecule has 1 saturated heterocycles. The third kappa shape index (κ3) is 5.82. The van der Waals surface area contributed by atoms with Crippen molar-refractivity contribution in [1.29, 1.82) is 0 Å². The standard InChI is InChI=1S/C31H23BrF3N3O6S2/c1-2-44-21-12-15(6-11-20(21)39)23-24-25(28(42)38(27(24)41)19-9-7-17(32)8-10-19)45-29-26(23)46-30(43)37(29)14-22(40)36-18-5-3-4-16(13-18)31(33,34)35/h3-13,23-25,39H,2,14H2,1H3,(H,36,40). The summed E-state index contributed by atoms with van der Waals surface area (Å²) in [4.78, 5) is 55.4. The summed E-state index contributed by atoms with van der Waals surface area (Å²) in [6, 6.07) is 15.4. The Hall–Kier alpha value is -4.08. The number of ether oxygens (including phenoxy) is 1. The van der Waals surface area contributed by atoms with Gasteiger partial charge in [-0.05, 0) is 67.1 Å². The van der Waals surface area contributed by atoms with E-state index in [1.54, 1.807) is 43.3 Å². The van der Waals surface area contributed by atoms with Crippen molar-refractivity contribution in [3.63, 3.8) is 0 Å². The average Bonchev–Trinajstić information content (AvgIpc) is 3.45. The smallest absolute Gasteiger partial charge is 0.416 e. The Balaban J connectivity index is 1.41. The van der Waals surface area contributed by atoms with E-state index >= 15 is 0 Å². The molecule has 2 aliphatic rings. The summed E-state index contributed by atoms with van der Waals surface area (Å²) in [6.07, 6.45) is -4.61. The number of benzene rings is 3. The lowest BCUT2D eigenvalue weighted by Crippen LogP contribution is -2.33. The fourth-order valence-electron chi connectivity index (χ4n) is 5.57. The first-order valence-corrected chi connectivity index (χ1v) is 16.3. The van der Waals surface area contributed by atoms with Gasteiger partial charge in [0.1, 0.15) is 11.8 Å². The predicted molar refractivity (Wildman–Crippen MR) is 170 cm³/mol. The topological polar surface area (TPSA) is 118 Å². The van der Waals surface area contributed by atoms with Crippen LogP contribution < -0.4 is 19.8 Å². The average molecular weight is 735 g/mol. The number of aromatic hydroxyl groups is 1. The second kappa shape index (κ2) is 12.3. The number of alkyl halides is 3. The number of thioether (sulfide) groups is 1. The number of hydrogen-bond donors (Lipinski definition) is 2. The molecule has 3 heterocycles. The molecule has 3 aromatic carbocycles. The summed E-state index contributed by atoms with van der Waals surface area (Å²) in [5.74, 6) is -3.45. The number of nitrogens with one attached hydrogen (secondary N) is 1. The summed E-state index contributed by atoms with van der Waals surface area (Å²) in [5, 5.41) is 12.1. The summed E-state index contributed by atoms with van der Waals surface area (Å²) < 4.78 is 47.1. The van der Waals surface area contributed by atoms with Crippen molar-refractivity contribution in [3.05, 3.63) is 96.9 Å². The summed E-state index contributed by atoms with van der Waals surface area (Å²) in [6.45, 7) is 1.44. The number of halogens is 4. The van der Waals surface area contributed by atoms with Gasteiger partial charge >= 0.3 is 11.0 Å². The third-order valence-corrected chi connectivity index (χ3v) is 10.7. The van der Waals surface area contributed by atoms with E-state index in [0.29, 0.717) is 21.2 Å². The van der Waals surface area contributed by atoms with Crippen LogP contribution in [0.25, 0.3) is 0 Å². The summed E-state index contributed by atoms with van der Waals surface area (Å²) in [7, 11) is 0. The molecule has 0 bridgehead atoms. The molecular formula is C31H23BrF3N3O6S2. The highest BCUT2D eigenvalue weighted by Crippen LogP contribution is 2.54. The first-order valence-electron chi connectivity index (χ1n) is 13.8. The van der Waals surface area contributed by atoms with Gasteiger partial charge in [-0.2, -0.15) is 13.2 Å². The van der Waals surface area contributed by atoms with E-state index in [0.717, 1.165) is 50.7 Å². The number of phenolic OH excluding ortho intramolecular Hbond substituents is 1. The molecule has 3 amide bonds. The van der Waals surface area contributed by atoms with Crippen LogP contribution in [-0.4, -0.2) is 39.3 Å². The van der Waals surface area contributed by atoms with Gasteiger partial charge in [0.05, 0.1) is 28.8 Å². The van der Waals surface area contributed by atoms with Gasteiger partial charge in [0.2, 0.25) is 17.7 Å². The van der Waals surface area contributed by atoms with E-state index < -0.39 is 58.0 Å². The minimum atomic E-state index is -4.61. The van der Waals surface area contributed by atoms with E-state index in [2.05, 4.69) is 21.2 Å². The molecular weight excluding hydrogens is 711 g/mol. The lowest BCUT2D eigenvalue weighted by atomic mass is 9.83. The van der Waals surface area contributed by atoms with E-state index in [1.807, 2.05) is 0 Å². The van der Waals surface area contributed by atoms with Gasteiger partial charge in [-0.1, -0.05) is 51.2 Å². The van der Waals surface area contributed by atoms with E-state index in [-0.39, 0.29) is 23.8 Å². The van der Waals surface area contributed by atoms with Crippen molar-refractivity contribution in [3.8, 4) is 11.5 Å². The van der Waals surface area contributed by atoms with Crippen LogP contribution in [0.15, 0.2) is 81.0 Å². The number of phenols is 1. The number of fused-ring (bicyclic) bond motifs is 2. The highest BCUT2D eigenvalue weighted by molar-refractivity contribution is 9.10. The first kappa shape index (κ1) is 31.9. The van der Waals surface area contributed by atoms with Crippen LogP contribution in [0.4, 0.5) is 24.5 Å². The Morgan fingerprint density at radius 1 is 1.04 bits per heavy atom. The summed E-state index contributed by atoms with van der Waals surface area (Å²) >= 11 is 5.17. The van der Waals surface area contributed by atoms with Gasteiger partial charge in [0, 0.05) is 21.0 Å². The Kier molecular flexibility index (Phi) is 8.50. The van der Waals surface area contributed by atoms with Gasteiger partial charge < -0.3 is 15.2 Å². The second-order valence-electron chi connectivity index (χ2n) is 10.4. The lowest BCUT2D eigenvalue weighted by Gasteiger charge is -2.31. The molecule has 15 heteroatoms.